The number of phosphoric acid groups is 2. The van der Waals surface area contributed by atoms with E-state index in [9.17, 15) is 43.2 Å². The van der Waals surface area contributed by atoms with Gasteiger partial charge in [-0.05, 0) is 37.5 Å². The van der Waals surface area contributed by atoms with Crippen LogP contribution >= 0.6 is 15.6 Å². The molecule has 0 radical (unpaired) electrons. The van der Waals surface area contributed by atoms with Crippen molar-refractivity contribution in [3.05, 3.63) is 0 Å². The molecule has 3 N–H and O–H groups in total. The lowest BCUT2D eigenvalue weighted by Crippen LogP contribution is -2.30. The monoisotopic (exact) mass is 1420 g/mol. The van der Waals surface area contributed by atoms with Crippen molar-refractivity contribution in [3.63, 3.8) is 0 Å². The lowest BCUT2D eigenvalue weighted by molar-refractivity contribution is -0.161. The largest absolute Gasteiger partial charge is 0.472 e. The molecule has 0 saturated heterocycles. The molecule has 0 aliphatic carbocycles. The van der Waals surface area contributed by atoms with Gasteiger partial charge in [0.2, 0.25) is 0 Å². The first-order chi connectivity index (χ1) is 46.9. The second-order valence-corrected chi connectivity index (χ2v) is 32.0. The van der Waals surface area contributed by atoms with Crippen LogP contribution in [-0.4, -0.2) is 96.7 Å². The van der Waals surface area contributed by atoms with Crippen molar-refractivity contribution in [2.75, 3.05) is 39.6 Å². The Kier molecular flexibility index (Phi) is 68.4. The summed E-state index contributed by atoms with van der Waals surface area (Å²) in [6.45, 7) is 9.64. The van der Waals surface area contributed by atoms with E-state index in [1.165, 1.54) is 225 Å². The molecule has 0 amide bonds. The second-order valence-electron chi connectivity index (χ2n) is 29.1. The number of aliphatic hydroxyl groups is 1. The third-order valence-electron chi connectivity index (χ3n) is 18.2. The van der Waals surface area contributed by atoms with Gasteiger partial charge < -0.3 is 33.8 Å². The van der Waals surface area contributed by atoms with Crippen molar-refractivity contribution in [1.29, 1.82) is 0 Å². The summed E-state index contributed by atoms with van der Waals surface area (Å²) < 4.78 is 68.6. The molecule has 0 spiro atoms. The fourth-order valence-corrected chi connectivity index (χ4v) is 13.6. The second kappa shape index (κ2) is 69.8. The van der Waals surface area contributed by atoms with Crippen molar-refractivity contribution in [2.24, 2.45) is 11.8 Å². The van der Waals surface area contributed by atoms with Crippen molar-refractivity contribution >= 4 is 39.5 Å². The Labute approximate surface area is 594 Å². The third kappa shape index (κ3) is 72.2. The highest BCUT2D eigenvalue weighted by molar-refractivity contribution is 7.47. The van der Waals surface area contributed by atoms with Crippen molar-refractivity contribution in [1.82, 2.24) is 0 Å². The normalized spacial score (nSPS) is 14.0. The Bertz CT molecular complexity index is 1870. The number of carbonyl (C=O) groups is 4. The lowest BCUT2D eigenvalue weighted by atomic mass is 10.0. The summed E-state index contributed by atoms with van der Waals surface area (Å²) in [4.78, 5) is 72.9. The molecule has 0 aliphatic rings. The molecule has 0 aromatic carbocycles. The van der Waals surface area contributed by atoms with E-state index in [4.69, 9.17) is 37.0 Å². The summed E-state index contributed by atoms with van der Waals surface area (Å²) in [5.74, 6) is -0.550. The summed E-state index contributed by atoms with van der Waals surface area (Å²) in [6.07, 6.45) is 58.1. The van der Waals surface area contributed by atoms with Gasteiger partial charge in [0, 0.05) is 25.7 Å². The maximum Gasteiger partial charge on any atom is 0.472 e. The number of carbonyl (C=O) groups excluding carboxylic acids is 4. The molecule has 19 heteroatoms. The zero-order chi connectivity index (χ0) is 71.4. The van der Waals surface area contributed by atoms with Gasteiger partial charge in [0.1, 0.15) is 19.3 Å². The molecule has 97 heavy (non-hydrogen) atoms. The van der Waals surface area contributed by atoms with Crippen LogP contribution in [-0.2, 0) is 65.4 Å². The van der Waals surface area contributed by atoms with Gasteiger partial charge in [-0.2, -0.15) is 0 Å². The van der Waals surface area contributed by atoms with Gasteiger partial charge in [0.05, 0.1) is 26.4 Å². The zero-order valence-corrected chi connectivity index (χ0v) is 65.2. The van der Waals surface area contributed by atoms with Crippen molar-refractivity contribution in [2.45, 2.75) is 426 Å². The minimum absolute atomic E-state index is 0.107. The van der Waals surface area contributed by atoms with Gasteiger partial charge in [-0.15, -0.1) is 0 Å². The van der Waals surface area contributed by atoms with Gasteiger partial charge in [-0.3, -0.25) is 37.3 Å². The minimum atomic E-state index is -4.96. The molecule has 0 aromatic rings. The number of unbranched alkanes of at least 4 members (excludes halogenated alkanes) is 47. The standard InChI is InChI=1S/C78H152O17P2/c1-7-9-11-13-15-17-19-20-21-25-31-37-43-49-55-61-76(81)89-67-74(94-77(82)62-56-50-44-38-32-26-23-22-24-29-34-40-46-52-58-70(3)4)69-93-97(86,87)91-65-72(79)64-90-96(84,85)92-68-73(66-88-75(80)60-54-48-42-36-28-18-16-14-12-10-8-2)95-78(83)63-57-51-45-39-33-27-30-35-41-47-53-59-71(5)6/h70-74,79H,7-69H2,1-6H3,(H,84,85)(H,86,87)/t72-,73+,74+/m0/s1. The van der Waals surface area contributed by atoms with E-state index < -0.39 is 97.5 Å². The van der Waals surface area contributed by atoms with E-state index in [1.54, 1.807) is 0 Å². The van der Waals surface area contributed by atoms with Gasteiger partial charge in [-0.1, -0.05) is 356 Å². The van der Waals surface area contributed by atoms with Gasteiger partial charge in [0.25, 0.3) is 0 Å². The van der Waals surface area contributed by atoms with Crippen LogP contribution in [0, 0.1) is 11.8 Å². The molecule has 0 aromatic heterocycles. The molecular formula is C78H152O17P2. The third-order valence-corrected chi connectivity index (χ3v) is 20.1. The van der Waals surface area contributed by atoms with Gasteiger partial charge >= 0.3 is 39.5 Å². The van der Waals surface area contributed by atoms with Crippen LogP contribution in [0.5, 0.6) is 0 Å². The summed E-state index contributed by atoms with van der Waals surface area (Å²) in [6, 6.07) is 0. The first-order valence-corrected chi connectivity index (χ1v) is 43.5. The van der Waals surface area contributed by atoms with Crippen molar-refractivity contribution < 1.29 is 80.2 Å². The molecule has 2 unspecified atom stereocenters. The minimum Gasteiger partial charge on any atom is -0.462 e. The fraction of sp³-hybridized carbons (Fsp3) is 0.949. The van der Waals surface area contributed by atoms with Crippen LogP contribution in [0.15, 0.2) is 0 Å². The topological polar surface area (TPSA) is 237 Å². The Hall–Kier alpha value is -1.94. The predicted octanol–water partition coefficient (Wildman–Crippen LogP) is 23.1. The molecule has 0 rings (SSSR count). The quantitative estimate of drug-likeness (QED) is 0.0222. The van der Waals surface area contributed by atoms with Crippen molar-refractivity contribution in [3.8, 4) is 0 Å². The number of hydrogen-bond donors (Lipinski definition) is 3. The van der Waals surface area contributed by atoms with Gasteiger partial charge in [0.15, 0.2) is 12.2 Å². The Morgan fingerprint density at radius 3 is 0.701 bits per heavy atom. The predicted molar refractivity (Wildman–Crippen MR) is 395 cm³/mol. The summed E-state index contributed by atoms with van der Waals surface area (Å²) in [5.41, 5.74) is 0. The first kappa shape index (κ1) is 95.1. The van der Waals surface area contributed by atoms with E-state index in [2.05, 4.69) is 41.5 Å². The van der Waals surface area contributed by atoms with E-state index in [0.29, 0.717) is 25.7 Å². The number of aliphatic hydroxyl groups excluding tert-OH is 1. The highest BCUT2D eigenvalue weighted by Crippen LogP contribution is 2.45. The van der Waals surface area contributed by atoms with Crippen LogP contribution in [0.1, 0.15) is 408 Å². The molecule has 0 heterocycles. The highest BCUT2D eigenvalue weighted by atomic mass is 31.2. The zero-order valence-electron chi connectivity index (χ0n) is 63.4. The van der Waals surface area contributed by atoms with E-state index >= 15 is 0 Å². The molecule has 17 nitrogen and oxygen atoms in total. The summed E-state index contributed by atoms with van der Waals surface area (Å²) in [5, 5.41) is 10.6. The van der Waals surface area contributed by atoms with E-state index in [0.717, 1.165) is 102 Å². The number of esters is 4. The molecular weight excluding hydrogens is 1270 g/mol. The van der Waals surface area contributed by atoms with E-state index in [1.807, 2.05) is 0 Å². The van der Waals surface area contributed by atoms with Crippen LogP contribution in [0.2, 0.25) is 0 Å². The smallest absolute Gasteiger partial charge is 0.462 e. The van der Waals surface area contributed by atoms with Crippen LogP contribution < -0.4 is 0 Å². The molecule has 0 aliphatic heterocycles. The molecule has 5 atom stereocenters. The summed E-state index contributed by atoms with van der Waals surface area (Å²) in [7, 11) is -9.91. The Balaban J connectivity index is 5.26. The van der Waals surface area contributed by atoms with Crippen LogP contribution in [0.3, 0.4) is 0 Å². The number of ether oxygens (including phenoxy) is 4. The molecule has 576 valence electrons. The number of hydrogen-bond acceptors (Lipinski definition) is 15. The molecule has 0 fully saturated rings. The number of phosphoric ester groups is 2. The molecule has 0 saturated carbocycles. The first-order valence-electron chi connectivity index (χ1n) is 40.5. The lowest BCUT2D eigenvalue weighted by Gasteiger charge is -2.21. The SMILES string of the molecule is CCCCCCCCCCCCCCCCCC(=O)OC[C@H](COP(=O)(O)OC[C@@H](O)COP(=O)(O)OC[C@@H](COC(=O)CCCCCCCCCCCCC)OC(=O)CCCCCCCCCCCCCC(C)C)OC(=O)CCCCCCCCCCCCCCCCC(C)C. The average Bonchev–Trinajstić information content (AvgIpc) is 1.01. The Morgan fingerprint density at radius 1 is 0.278 bits per heavy atom. The maximum atomic E-state index is 13.1. The fourth-order valence-electron chi connectivity index (χ4n) is 12.0. The average molecular weight is 1420 g/mol. The van der Waals surface area contributed by atoms with E-state index in [-0.39, 0.29) is 25.7 Å². The Morgan fingerprint density at radius 2 is 0.474 bits per heavy atom. The highest BCUT2D eigenvalue weighted by Gasteiger charge is 2.30. The maximum absolute atomic E-state index is 13.1. The van der Waals surface area contributed by atoms with Crippen LogP contribution in [0.4, 0.5) is 0 Å². The molecule has 0 bridgehead atoms. The number of rotatable bonds is 77. The van der Waals surface area contributed by atoms with Crippen LogP contribution in [0.25, 0.3) is 0 Å². The summed E-state index contributed by atoms with van der Waals surface area (Å²) >= 11 is 0. The van der Waals surface area contributed by atoms with Gasteiger partial charge in [-0.25, -0.2) is 9.13 Å².